The summed E-state index contributed by atoms with van der Waals surface area (Å²) in [6.07, 6.45) is 0.946. The zero-order chi connectivity index (χ0) is 32.6. The van der Waals surface area contributed by atoms with Crippen molar-refractivity contribution in [2.24, 2.45) is 5.41 Å². The van der Waals surface area contributed by atoms with Crippen LogP contribution in [0.3, 0.4) is 0 Å². The lowest BCUT2D eigenvalue weighted by Gasteiger charge is -2.34. The number of phenols is 1. The Kier molecular flexibility index (Phi) is 7.59. The van der Waals surface area contributed by atoms with Gasteiger partial charge in [-0.2, -0.15) is 0 Å². The van der Waals surface area contributed by atoms with Crippen molar-refractivity contribution in [3.8, 4) is 22.6 Å². The minimum absolute atomic E-state index is 0.0467. The Bertz CT molecular complexity index is 1790. The molecule has 4 aromatic carbocycles. The van der Waals surface area contributed by atoms with E-state index >= 15 is 0 Å². The summed E-state index contributed by atoms with van der Waals surface area (Å²) in [7, 11) is 0. The van der Waals surface area contributed by atoms with E-state index in [1.165, 1.54) is 23.3 Å². The molecule has 1 N–H and O–H groups in total. The second-order valence-electron chi connectivity index (χ2n) is 16.8. The third-order valence-electron chi connectivity index (χ3n) is 8.94. The molecular weight excluding hydrogens is 541 g/mol. The molecule has 0 aliphatic rings. The summed E-state index contributed by atoms with van der Waals surface area (Å²) < 4.78 is 17.1. The fourth-order valence-electron chi connectivity index (χ4n) is 6.93. The van der Waals surface area contributed by atoms with E-state index in [-0.39, 0.29) is 33.2 Å². The van der Waals surface area contributed by atoms with Gasteiger partial charge >= 0.3 is 0 Å². The largest absolute Gasteiger partial charge is 0.505 e. The molecule has 2 nitrogen and oxygen atoms in total. The number of nitrogens with zero attached hydrogens (tertiary/aromatic N) is 1. The number of hydrogen-bond acceptors (Lipinski definition) is 1. The smallest absolute Gasteiger partial charge is 0.147 e. The van der Waals surface area contributed by atoms with Crippen LogP contribution in [0.25, 0.3) is 38.6 Å². The standard InChI is InChI=1S/C41H50FNO/c1-25-17-26(19-30(42)18-25)33-20-29(41(11,12)24-38(2,3)4)23-36(37(33)44)43-34-21-27(39(5,6)7)13-15-31(34)32-16-14-28(22-35(32)43)40(8,9)10/h13-23,44H,24H2,1-12H3. The van der Waals surface area contributed by atoms with E-state index in [1.807, 2.05) is 13.0 Å². The first-order valence-electron chi connectivity index (χ1n) is 15.9. The van der Waals surface area contributed by atoms with Crippen molar-refractivity contribution >= 4 is 21.8 Å². The first-order chi connectivity index (χ1) is 20.2. The summed E-state index contributed by atoms with van der Waals surface area (Å²) in [6, 6.07) is 22.8. The lowest BCUT2D eigenvalue weighted by molar-refractivity contribution is 0.284. The number of halogens is 1. The van der Waals surface area contributed by atoms with Crippen molar-refractivity contribution in [1.29, 1.82) is 0 Å². The van der Waals surface area contributed by atoms with Gasteiger partial charge in [-0.15, -0.1) is 0 Å². The van der Waals surface area contributed by atoms with Gasteiger partial charge in [-0.3, -0.25) is 0 Å². The molecule has 0 radical (unpaired) electrons. The van der Waals surface area contributed by atoms with E-state index in [9.17, 15) is 9.50 Å². The van der Waals surface area contributed by atoms with Gasteiger partial charge < -0.3 is 9.67 Å². The van der Waals surface area contributed by atoms with Crippen molar-refractivity contribution in [3.63, 3.8) is 0 Å². The van der Waals surface area contributed by atoms with Gasteiger partial charge in [-0.05, 0) is 99.2 Å². The number of aryl methyl sites for hydroxylation is 1. The van der Waals surface area contributed by atoms with Gasteiger partial charge in [0.2, 0.25) is 0 Å². The number of rotatable bonds is 4. The third-order valence-corrected chi connectivity index (χ3v) is 8.94. The average molecular weight is 592 g/mol. The predicted octanol–water partition coefficient (Wildman–Crippen LogP) is 11.9. The fraction of sp³-hybridized carbons (Fsp3) is 0.415. The molecule has 232 valence electrons. The Balaban J connectivity index is 1.96. The van der Waals surface area contributed by atoms with E-state index in [2.05, 4.69) is 129 Å². The van der Waals surface area contributed by atoms with Crippen LogP contribution in [-0.2, 0) is 16.2 Å². The van der Waals surface area contributed by atoms with Gasteiger partial charge in [0.25, 0.3) is 0 Å². The quantitative estimate of drug-likeness (QED) is 0.221. The molecule has 1 heterocycles. The molecule has 0 atom stereocenters. The third kappa shape index (κ3) is 6.03. The van der Waals surface area contributed by atoms with Crippen LogP contribution in [0.2, 0.25) is 0 Å². The van der Waals surface area contributed by atoms with E-state index < -0.39 is 0 Å². The van der Waals surface area contributed by atoms with Crippen LogP contribution in [0, 0.1) is 18.2 Å². The highest BCUT2D eigenvalue weighted by Gasteiger charge is 2.30. The summed E-state index contributed by atoms with van der Waals surface area (Å²) in [6.45, 7) is 26.6. The summed E-state index contributed by atoms with van der Waals surface area (Å²) in [5.74, 6) is -0.145. The van der Waals surface area contributed by atoms with Crippen molar-refractivity contribution in [3.05, 3.63) is 94.8 Å². The topological polar surface area (TPSA) is 25.2 Å². The van der Waals surface area contributed by atoms with Crippen LogP contribution in [0.1, 0.15) is 105 Å². The summed E-state index contributed by atoms with van der Waals surface area (Å²) >= 11 is 0. The molecule has 0 saturated heterocycles. The van der Waals surface area contributed by atoms with Gasteiger partial charge in [0, 0.05) is 16.3 Å². The van der Waals surface area contributed by atoms with Gasteiger partial charge in [-0.1, -0.05) is 106 Å². The average Bonchev–Trinajstić information content (AvgIpc) is 3.18. The lowest BCUT2D eigenvalue weighted by atomic mass is 9.71. The minimum atomic E-state index is -0.304. The number of aromatic hydroxyl groups is 1. The predicted molar refractivity (Wildman–Crippen MR) is 187 cm³/mol. The molecule has 0 unspecified atom stereocenters. The lowest BCUT2D eigenvalue weighted by Crippen LogP contribution is -2.25. The van der Waals surface area contributed by atoms with Crippen LogP contribution in [0.5, 0.6) is 5.75 Å². The maximum atomic E-state index is 14.8. The van der Waals surface area contributed by atoms with Gasteiger partial charge in [-0.25, -0.2) is 4.39 Å². The molecule has 0 aliphatic carbocycles. The Labute approximate surface area is 263 Å². The van der Waals surface area contributed by atoms with Crippen molar-refractivity contribution < 1.29 is 9.50 Å². The summed E-state index contributed by atoms with van der Waals surface area (Å²) in [5, 5.41) is 14.5. The highest BCUT2D eigenvalue weighted by molar-refractivity contribution is 6.10. The molecule has 1 aromatic heterocycles. The normalized spacial score (nSPS) is 13.3. The second kappa shape index (κ2) is 10.5. The first kappa shape index (κ1) is 31.8. The summed E-state index contributed by atoms with van der Waals surface area (Å²) in [4.78, 5) is 0. The number of hydrogen-bond donors (Lipinski definition) is 1. The zero-order valence-electron chi connectivity index (χ0n) is 28.8. The fourth-order valence-corrected chi connectivity index (χ4v) is 6.93. The number of fused-ring (bicyclic) bond motifs is 3. The van der Waals surface area contributed by atoms with Crippen molar-refractivity contribution in [1.82, 2.24) is 4.57 Å². The molecule has 44 heavy (non-hydrogen) atoms. The highest BCUT2D eigenvalue weighted by atomic mass is 19.1. The van der Waals surface area contributed by atoms with Crippen LogP contribution in [-0.4, -0.2) is 9.67 Å². The maximum Gasteiger partial charge on any atom is 0.147 e. The van der Waals surface area contributed by atoms with Crippen LogP contribution in [0.15, 0.2) is 66.7 Å². The monoisotopic (exact) mass is 591 g/mol. The van der Waals surface area contributed by atoms with E-state index in [4.69, 9.17) is 0 Å². The Morgan fingerprint density at radius 1 is 0.636 bits per heavy atom. The van der Waals surface area contributed by atoms with Gasteiger partial charge in [0.1, 0.15) is 11.6 Å². The molecule has 5 rings (SSSR count). The van der Waals surface area contributed by atoms with Crippen LogP contribution in [0.4, 0.5) is 4.39 Å². The Morgan fingerprint density at radius 3 is 1.61 bits per heavy atom. The number of phenolic OH excluding ortho intramolecular Hbond substituents is 1. The molecule has 0 saturated carbocycles. The highest BCUT2D eigenvalue weighted by Crippen LogP contribution is 2.46. The zero-order valence-corrected chi connectivity index (χ0v) is 28.8. The molecule has 0 aliphatic heterocycles. The maximum absolute atomic E-state index is 14.8. The molecule has 0 spiro atoms. The van der Waals surface area contributed by atoms with Crippen LogP contribution >= 0.6 is 0 Å². The number of aromatic nitrogens is 1. The molecular formula is C41H50FNO. The van der Waals surface area contributed by atoms with E-state index in [0.29, 0.717) is 11.1 Å². The Hall–Kier alpha value is -3.59. The molecule has 0 bridgehead atoms. The Morgan fingerprint density at radius 2 is 1.16 bits per heavy atom. The molecule has 3 heteroatoms. The summed E-state index contributed by atoms with van der Waals surface area (Å²) in [5.41, 5.74) is 8.36. The molecule has 5 aromatic rings. The van der Waals surface area contributed by atoms with Crippen molar-refractivity contribution in [2.45, 2.75) is 106 Å². The van der Waals surface area contributed by atoms with Gasteiger partial charge in [0.15, 0.2) is 0 Å². The van der Waals surface area contributed by atoms with E-state index in [0.717, 1.165) is 45.0 Å². The minimum Gasteiger partial charge on any atom is -0.505 e. The van der Waals surface area contributed by atoms with Crippen molar-refractivity contribution in [2.75, 3.05) is 0 Å². The molecule has 0 amide bonds. The van der Waals surface area contributed by atoms with Gasteiger partial charge in [0.05, 0.1) is 16.7 Å². The van der Waals surface area contributed by atoms with E-state index in [1.54, 1.807) is 0 Å². The first-order valence-corrected chi connectivity index (χ1v) is 15.9. The van der Waals surface area contributed by atoms with Crippen LogP contribution < -0.4 is 0 Å². The SMILES string of the molecule is Cc1cc(F)cc(-c2cc(C(C)(C)CC(C)(C)C)cc(-n3c4cc(C(C)(C)C)ccc4c4ccc(C(C)(C)C)cc43)c2O)c1. The number of benzene rings is 4. The molecule has 0 fully saturated rings. The second-order valence-corrected chi connectivity index (χ2v) is 16.8.